The van der Waals surface area contributed by atoms with Gasteiger partial charge < -0.3 is 20.1 Å². The van der Waals surface area contributed by atoms with Gasteiger partial charge in [-0.3, -0.25) is 0 Å². The van der Waals surface area contributed by atoms with Gasteiger partial charge in [0.05, 0.1) is 12.6 Å². The zero-order valence-corrected chi connectivity index (χ0v) is 15.1. The number of aliphatic hydroxyl groups excluding tert-OH is 1. The number of guanidine groups is 1. The highest BCUT2D eigenvalue weighted by Gasteiger charge is 2.22. The van der Waals surface area contributed by atoms with Gasteiger partial charge in [-0.1, -0.05) is 36.4 Å². The minimum Gasteiger partial charge on any atom is -0.473 e. The van der Waals surface area contributed by atoms with E-state index in [4.69, 9.17) is 9.73 Å². The maximum absolute atomic E-state index is 9.77. The molecule has 3 rings (SSSR count). The highest BCUT2D eigenvalue weighted by molar-refractivity contribution is 5.80. The topological polar surface area (TPSA) is 70.0 Å². The predicted octanol–water partition coefficient (Wildman–Crippen LogP) is 2.19. The van der Waals surface area contributed by atoms with Crippen molar-refractivity contribution in [3.8, 4) is 5.88 Å². The summed E-state index contributed by atoms with van der Waals surface area (Å²) in [4.78, 5) is 11.2. The van der Waals surface area contributed by atoms with Crippen molar-refractivity contribution in [2.45, 2.75) is 32.6 Å². The van der Waals surface area contributed by atoms with E-state index in [1.165, 1.54) is 0 Å². The molecule has 1 saturated heterocycles. The van der Waals surface area contributed by atoms with Gasteiger partial charge >= 0.3 is 0 Å². The summed E-state index contributed by atoms with van der Waals surface area (Å²) < 4.78 is 5.90. The average Bonchev–Trinajstić information content (AvgIpc) is 3.11. The minimum absolute atomic E-state index is 0.276. The molecule has 26 heavy (non-hydrogen) atoms. The molecule has 0 spiro atoms. The molecule has 1 aromatic heterocycles. The standard InChI is InChI=1S/C20H26N4O2/c1-2-21-20(24-12-10-18(25)14-24)23-13-17-9-6-11-22-19(17)26-15-16-7-4-3-5-8-16/h3-9,11,18,25H,2,10,12-15H2,1H3,(H,21,23)/t18-/m1/s1. The first kappa shape index (κ1) is 18.2. The Morgan fingerprint density at radius 2 is 2.15 bits per heavy atom. The van der Waals surface area contributed by atoms with Gasteiger partial charge in [-0.15, -0.1) is 0 Å². The molecule has 0 amide bonds. The summed E-state index contributed by atoms with van der Waals surface area (Å²) in [5, 5.41) is 13.1. The van der Waals surface area contributed by atoms with E-state index in [1.807, 2.05) is 49.4 Å². The van der Waals surface area contributed by atoms with E-state index >= 15 is 0 Å². The lowest BCUT2D eigenvalue weighted by molar-refractivity contribution is 0.188. The predicted molar refractivity (Wildman–Crippen MR) is 102 cm³/mol. The van der Waals surface area contributed by atoms with Crippen LogP contribution in [0.1, 0.15) is 24.5 Å². The van der Waals surface area contributed by atoms with Crippen LogP contribution < -0.4 is 10.1 Å². The van der Waals surface area contributed by atoms with E-state index in [2.05, 4.69) is 15.2 Å². The van der Waals surface area contributed by atoms with Crippen molar-refractivity contribution in [3.63, 3.8) is 0 Å². The number of rotatable bonds is 6. The highest BCUT2D eigenvalue weighted by Crippen LogP contribution is 2.18. The Bertz CT molecular complexity index is 721. The Morgan fingerprint density at radius 3 is 2.88 bits per heavy atom. The van der Waals surface area contributed by atoms with Crippen molar-refractivity contribution in [1.29, 1.82) is 0 Å². The summed E-state index contributed by atoms with van der Waals surface area (Å²) in [5.41, 5.74) is 2.05. The smallest absolute Gasteiger partial charge is 0.218 e. The number of aliphatic hydroxyl groups is 1. The third-order valence-corrected chi connectivity index (χ3v) is 4.27. The van der Waals surface area contributed by atoms with Gasteiger partial charge in [-0.2, -0.15) is 0 Å². The van der Waals surface area contributed by atoms with Gasteiger partial charge in [0.25, 0.3) is 0 Å². The third-order valence-electron chi connectivity index (χ3n) is 4.27. The van der Waals surface area contributed by atoms with Crippen LogP contribution in [-0.2, 0) is 13.2 Å². The first-order valence-corrected chi connectivity index (χ1v) is 9.08. The van der Waals surface area contributed by atoms with Crippen LogP contribution in [0, 0.1) is 0 Å². The molecular weight excluding hydrogens is 328 g/mol. The summed E-state index contributed by atoms with van der Waals surface area (Å²) in [6.07, 6.45) is 2.24. The fourth-order valence-corrected chi connectivity index (χ4v) is 2.92. The van der Waals surface area contributed by atoms with Crippen molar-refractivity contribution in [2.24, 2.45) is 4.99 Å². The van der Waals surface area contributed by atoms with Gasteiger partial charge in [-0.25, -0.2) is 9.98 Å². The normalized spacial score (nSPS) is 17.4. The maximum Gasteiger partial charge on any atom is 0.218 e. The number of hydrogen-bond donors (Lipinski definition) is 2. The number of nitrogens with zero attached hydrogens (tertiary/aromatic N) is 3. The molecule has 138 valence electrons. The number of likely N-dealkylation sites (tertiary alicyclic amines) is 1. The molecule has 2 aromatic rings. The second-order valence-electron chi connectivity index (χ2n) is 6.30. The fraction of sp³-hybridized carbons (Fsp3) is 0.400. The molecule has 2 heterocycles. The second-order valence-corrected chi connectivity index (χ2v) is 6.30. The number of hydrogen-bond acceptors (Lipinski definition) is 4. The zero-order chi connectivity index (χ0) is 18.2. The molecule has 0 aliphatic carbocycles. The van der Waals surface area contributed by atoms with Crippen molar-refractivity contribution in [2.75, 3.05) is 19.6 Å². The summed E-state index contributed by atoms with van der Waals surface area (Å²) in [5.74, 6) is 1.43. The lowest BCUT2D eigenvalue weighted by atomic mass is 10.2. The molecule has 0 radical (unpaired) electrons. The maximum atomic E-state index is 9.77. The summed E-state index contributed by atoms with van der Waals surface area (Å²) in [6, 6.07) is 13.9. The number of pyridine rings is 1. The molecule has 0 bridgehead atoms. The molecular formula is C20H26N4O2. The number of aromatic nitrogens is 1. The van der Waals surface area contributed by atoms with Gasteiger partial charge in [-0.05, 0) is 25.0 Å². The van der Waals surface area contributed by atoms with Crippen molar-refractivity contribution < 1.29 is 9.84 Å². The monoisotopic (exact) mass is 354 g/mol. The number of aliphatic imine (C=N–C) groups is 1. The molecule has 2 N–H and O–H groups in total. The molecule has 0 unspecified atom stereocenters. The summed E-state index contributed by atoms with van der Waals surface area (Å²) >= 11 is 0. The Kier molecular flexibility index (Phi) is 6.44. The van der Waals surface area contributed by atoms with Crippen LogP contribution in [0.5, 0.6) is 5.88 Å². The van der Waals surface area contributed by atoms with Gasteiger partial charge in [0.2, 0.25) is 5.88 Å². The van der Waals surface area contributed by atoms with Gasteiger partial charge in [0.15, 0.2) is 5.96 Å². The van der Waals surface area contributed by atoms with Crippen molar-refractivity contribution in [1.82, 2.24) is 15.2 Å². The highest BCUT2D eigenvalue weighted by atomic mass is 16.5. The molecule has 6 nitrogen and oxygen atoms in total. The largest absolute Gasteiger partial charge is 0.473 e. The molecule has 6 heteroatoms. The number of nitrogens with one attached hydrogen (secondary N) is 1. The SMILES string of the molecule is CCNC(=NCc1cccnc1OCc1ccccc1)N1CC[C@@H](O)C1. The molecule has 1 aromatic carbocycles. The average molecular weight is 354 g/mol. The minimum atomic E-state index is -0.276. The number of benzene rings is 1. The summed E-state index contributed by atoms with van der Waals surface area (Å²) in [6.45, 7) is 5.23. The Labute approximate surface area is 154 Å². The molecule has 1 fully saturated rings. The van der Waals surface area contributed by atoms with E-state index in [9.17, 15) is 5.11 Å². The lowest BCUT2D eigenvalue weighted by Gasteiger charge is -2.21. The molecule has 1 aliphatic heterocycles. The zero-order valence-electron chi connectivity index (χ0n) is 15.1. The van der Waals surface area contributed by atoms with Gasteiger partial charge in [0, 0.05) is 31.4 Å². The number of β-amino-alcohol motifs (C(OH)–C–C–N with tert-alkyl or cyclic N) is 1. The van der Waals surface area contributed by atoms with E-state index in [1.54, 1.807) is 6.20 Å². The van der Waals surface area contributed by atoms with E-state index in [0.717, 1.165) is 36.6 Å². The number of ether oxygens (including phenoxy) is 1. The van der Waals surface area contributed by atoms with Crippen LogP contribution in [0.4, 0.5) is 0 Å². The Balaban J connectivity index is 1.68. The van der Waals surface area contributed by atoms with Crippen LogP contribution in [0.2, 0.25) is 0 Å². The van der Waals surface area contributed by atoms with Crippen LogP contribution in [-0.4, -0.2) is 46.7 Å². The third kappa shape index (κ3) is 4.95. The van der Waals surface area contributed by atoms with Crippen LogP contribution in [0.25, 0.3) is 0 Å². The molecule has 1 aliphatic rings. The van der Waals surface area contributed by atoms with Crippen molar-refractivity contribution >= 4 is 5.96 Å². The Morgan fingerprint density at radius 1 is 1.31 bits per heavy atom. The summed E-state index contributed by atoms with van der Waals surface area (Å²) in [7, 11) is 0. The van der Waals surface area contributed by atoms with E-state index in [-0.39, 0.29) is 6.10 Å². The fourth-order valence-electron chi connectivity index (χ4n) is 2.92. The van der Waals surface area contributed by atoms with E-state index in [0.29, 0.717) is 25.6 Å². The van der Waals surface area contributed by atoms with Crippen LogP contribution in [0.3, 0.4) is 0 Å². The van der Waals surface area contributed by atoms with Gasteiger partial charge in [0.1, 0.15) is 6.61 Å². The Hall–Kier alpha value is -2.60. The first-order chi connectivity index (χ1) is 12.8. The van der Waals surface area contributed by atoms with Crippen LogP contribution >= 0.6 is 0 Å². The second kappa shape index (κ2) is 9.20. The molecule has 1 atom stereocenters. The first-order valence-electron chi connectivity index (χ1n) is 9.08. The van der Waals surface area contributed by atoms with E-state index < -0.39 is 0 Å². The molecule has 0 saturated carbocycles. The lowest BCUT2D eigenvalue weighted by Crippen LogP contribution is -2.40. The van der Waals surface area contributed by atoms with Crippen LogP contribution in [0.15, 0.2) is 53.7 Å². The quantitative estimate of drug-likeness (QED) is 0.615. The van der Waals surface area contributed by atoms with Crippen molar-refractivity contribution in [3.05, 3.63) is 59.8 Å².